The third kappa shape index (κ3) is 3.64. The van der Waals surface area contributed by atoms with Crippen LogP contribution < -0.4 is 0 Å². The lowest BCUT2D eigenvalue weighted by atomic mass is 10.0. The molecule has 1 aromatic heterocycles. The van der Waals surface area contributed by atoms with Gasteiger partial charge in [-0.1, -0.05) is 18.2 Å². The van der Waals surface area contributed by atoms with Crippen molar-refractivity contribution in [2.75, 3.05) is 33.2 Å². The molecule has 3 aliphatic rings. The van der Waals surface area contributed by atoms with Crippen molar-refractivity contribution in [2.24, 2.45) is 0 Å². The van der Waals surface area contributed by atoms with Gasteiger partial charge >= 0.3 is 0 Å². The molecule has 1 aromatic carbocycles. The van der Waals surface area contributed by atoms with E-state index >= 15 is 0 Å². The van der Waals surface area contributed by atoms with E-state index in [4.69, 9.17) is 0 Å². The van der Waals surface area contributed by atoms with E-state index in [2.05, 4.69) is 34.0 Å². The standard InChI is InChI=1S/C24H24N4OS/c1-17-25-22-9-6-19(14-23(22)30-17)18-4-3-5-20-7-8-21(16-28(20)24(29)15-18)27-12-10-26(2)11-13-27/h3-9,14-16H,10-13H2,1-2H3/b4-3?,18-15?,20-5+. The molecule has 1 saturated heterocycles. The van der Waals surface area contributed by atoms with Crippen LogP contribution in [-0.2, 0) is 4.79 Å². The zero-order valence-corrected chi connectivity index (χ0v) is 18.0. The second-order valence-electron chi connectivity index (χ2n) is 7.85. The summed E-state index contributed by atoms with van der Waals surface area (Å²) in [5, 5.41) is 1.05. The number of nitrogens with zero attached hydrogens (tertiary/aromatic N) is 4. The molecule has 5 rings (SSSR count). The Morgan fingerprint density at radius 3 is 2.67 bits per heavy atom. The molecule has 1 amide bonds. The molecule has 6 heteroatoms. The summed E-state index contributed by atoms with van der Waals surface area (Å²) in [4.78, 5) is 24.2. The molecular formula is C24H24N4OS. The first-order valence-electron chi connectivity index (χ1n) is 10.2. The fourth-order valence-electron chi connectivity index (χ4n) is 3.98. The van der Waals surface area contributed by atoms with Crippen LogP contribution in [0.15, 0.2) is 72.2 Å². The van der Waals surface area contributed by atoms with Crippen LogP contribution in [0.3, 0.4) is 0 Å². The smallest absolute Gasteiger partial charge is 0.255 e. The number of carbonyl (C=O) groups excluding carboxylic acids is 1. The lowest BCUT2D eigenvalue weighted by Crippen LogP contribution is -2.44. The van der Waals surface area contributed by atoms with E-state index in [1.807, 2.05) is 49.6 Å². The number of piperazine rings is 1. The van der Waals surface area contributed by atoms with Crippen molar-refractivity contribution in [3.8, 4) is 0 Å². The van der Waals surface area contributed by atoms with Gasteiger partial charge in [-0.2, -0.15) is 0 Å². The minimum Gasteiger partial charge on any atom is -0.368 e. The molecule has 0 atom stereocenters. The van der Waals surface area contributed by atoms with E-state index in [0.717, 1.165) is 63.9 Å². The number of thiazole rings is 1. The van der Waals surface area contributed by atoms with E-state index in [0.29, 0.717) is 0 Å². The number of likely N-dealkylation sites (N-methyl/N-ethyl adjacent to an activating group) is 1. The average molecular weight is 417 g/mol. The van der Waals surface area contributed by atoms with Crippen LogP contribution in [0.1, 0.15) is 10.6 Å². The van der Waals surface area contributed by atoms with Crippen molar-refractivity contribution in [1.29, 1.82) is 0 Å². The van der Waals surface area contributed by atoms with Gasteiger partial charge in [-0.3, -0.25) is 9.69 Å². The predicted molar refractivity (Wildman–Crippen MR) is 123 cm³/mol. The summed E-state index contributed by atoms with van der Waals surface area (Å²) in [5.41, 5.74) is 4.93. The number of rotatable bonds is 2. The van der Waals surface area contributed by atoms with E-state index in [9.17, 15) is 4.79 Å². The van der Waals surface area contributed by atoms with Gasteiger partial charge in [0.05, 0.1) is 20.9 Å². The fourth-order valence-corrected chi connectivity index (χ4v) is 4.85. The minimum absolute atomic E-state index is 0.0304. The van der Waals surface area contributed by atoms with E-state index in [1.54, 1.807) is 22.3 Å². The molecule has 30 heavy (non-hydrogen) atoms. The Morgan fingerprint density at radius 2 is 1.83 bits per heavy atom. The van der Waals surface area contributed by atoms with Crippen LogP contribution in [0.5, 0.6) is 0 Å². The molecule has 0 unspecified atom stereocenters. The normalized spacial score (nSPS) is 21.7. The van der Waals surface area contributed by atoms with E-state index in [-0.39, 0.29) is 5.91 Å². The molecule has 0 aliphatic carbocycles. The van der Waals surface area contributed by atoms with Crippen LogP contribution in [0.4, 0.5) is 0 Å². The molecule has 3 aliphatic heterocycles. The highest BCUT2D eigenvalue weighted by Crippen LogP contribution is 2.29. The summed E-state index contributed by atoms with van der Waals surface area (Å²) >= 11 is 1.68. The molecular weight excluding hydrogens is 392 g/mol. The Morgan fingerprint density at radius 1 is 1.03 bits per heavy atom. The Kier molecular flexibility index (Phi) is 4.89. The van der Waals surface area contributed by atoms with Crippen molar-refractivity contribution in [2.45, 2.75) is 6.92 Å². The van der Waals surface area contributed by atoms with Gasteiger partial charge < -0.3 is 9.80 Å². The van der Waals surface area contributed by atoms with Gasteiger partial charge in [0, 0.05) is 44.2 Å². The summed E-state index contributed by atoms with van der Waals surface area (Å²) in [7, 11) is 2.15. The summed E-state index contributed by atoms with van der Waals surface area (Å²) in [5.74, 6) is -0.0304. The summed E-state index contributed by atoms with van der Waals surface area (Å²) in [6.07, 6.45) is 13.9. The van der Waals surface area contributed by atoms with Gasteiger partial charge in [-0.15, -0.1) is 11.3 Å². The van der Waals surface area contributed by atoms with Crippen LogP contribution in [-0.4, -0.2) is 58.8 Å². The molecule has 0 spiro atoms. The van der Waals surface area contributed by atoms with Gasteiger partial charge in [-0.25, -0.2) is 4.98 Å². The topological polar surface area (TPSA) is 39.7 Å². The van der Waals surface area contributed by atoms with Crippen molar-refractivity contribution in [3.63, 3.8) is 0 Å². The second kappa shape index (κ2) is 7.70. The van der Waals surface area contributed by atoms with Crippen LogP contribution >= 0.6 is 11.3 Å². The minimum atomic E-state index is -0.0304. The molecule has 0 saturated carbocycles. The molecule has 0 bridgehead atoms. The number of aryl methyl sites for hydroxylation is 1. The Hall–Kier alpha value is -2.96. The van der Waals surface area contributed by atoms with Crippen LogP contribution in [0, 0.1) is 6.92 Å². The molecule has 152 valence electrons. The number of fused-ring (bicyclic) bond motifs is 2. The van der Waals surface area contributed by atoms with Crippen molar-refractivity contribution < 1.29 is 4.79 Å². The molecule has 2 aromatic rings. The molecule has 0 N–H and O–H groups in total. The fraction of sp³-hybridized carbons (Fsp3) is 0.250. The Labute approximate surface area is 180 Å². The monoisotopic (exact) mass is 416 g/mol. The molecule has 0 radical (unpaired) electrons. The third-order valence-corrected chi connectivity index (χ3v) is 6.65. The molecule has 1 fully saturated rings. The zero-order valence-electron chi connectivity index (χ0n) is 17.2. The first kappa shape index (κ1) is 19.0. The Bertz CT molecular complexity index is 1160. The second-order valence-corrected chi connectivity index (χ2v) is 9.09. The number of aromatic nitrogens is 1. The summed E-state index contributed by atoms with van der Waals surface area (Å²) in [6, 6.07) is 6.19. The van der Waals surface area contributed by atoms with Crippen molar-refractivity contribution >= 4 is 33.0 Å². The van der Waals surface area contributed by atoms with Gasteiger partial charge in [0.15, 0.2) is 0 Å². The largest absolute Gasteiger partial charge is 0.368 e. The van der Waals surface area contributed by atoms with E-state index < -0.39 is 0 Å². The highest BCUT2D eigenvalue weighted by Gasteiger charge is 2.22. The predicted octanol–water partition coefficient (Wildman–Crippen LogP) is 3.93. The number of carbonyl (C=O) groups is 1. The quantitative estimate of drug-likeness (QED) is 0.744. The van der Waals surface area contributed by atoms with Crippen molar-refractivity contribution in [1.82, 2.24) is 19.7 Å². The maximum Gasteiger partial charge on any atom is 0.255 e. The lowest BCUT2D eigenvalue weighted by Gasteiger charge is -2.36. The first-order valence-corrected chi connectivity index (χ1v) is 11.0. The first-order chi connectivity index (χ1) is 14.6. The van der Waals surface area contributed by atoms with Gasteiger partial charge in [0.2, 0.25) is 0 Å². The Balaban J connectivity index is 1.46. The number of hydrogen-bond acceptors (Lipinski definition) is 5. The number of benzene rings is 1. The third-order valence-electron chi connectivity index (χ3n) is 5.72. The van der Waals surface area contributed by atoms with Gasteiger partial charge in [-0.05, 0) is 55.5 Å². The maximum absolute atomic E-state index is 13.2. The number of amides is 1. The van der Waals surface area contributed by atoms with Crippen molar-refractivity contribution in [3.05, 3.63) is 82.8 Å². The zero-order chi connectivity index (χ0) is 20.7. The maximum atomic E-state index is 13.2. The summed E-state index contributed by atoms with van der Waals surface area (Å²) < 4.78 is 1.14. The molecule has 5 nitrogen and oxygen atoms in total. The highest BCUT2D eigenvalue weighted by atomic mass is 32.1. The average Bonchev–Trinajstić information content (AvgIpc) is 3.11. The van der Waals surface area contributed by atoms with Crippen LogP contribution in [0.25, 0.3) is 15.8 Å². The van der Waals surface area contributed by atoms with Gasteiger partial charge in [0.1, 0.15) is 0 Å². The van der Waals surface area contributed by atoms with E-state index in [1.165, 1.54) is 0 Å². The van der Waals surface area contributed by atoms with Crippen LogP contribution in [0.2, 0.25) is 0 Å². The summed E-state index contributed by atoms with van der Waals surface area (Å²) in [6.45, 7) is 6.04. The SMILES string of the molecule is Cc1nc2ccc(C3=CC(=O)N4C=C(N5CCN(C)CC5)C=C/C4=C\C=C3)cc2s1. The number of hydrogen-bond donors (Lipinski definition) is 0. The van der Waals surface area contributed by atoms with Gasteiger partial charge in [0.25, 0.3) is 5.91 Å². The highest BCUT2D eigenvalue weighted by molar-refractivity contribution is 7.18. The molecule has 4 heterocycles. The lowest BCUT2D eigenvalue weighted by molar-refractivity contribution is -0.122. The number of allylic oxidation sites excluding steroid dienone is 6.